The van der Waals surface area contributed by atoms with E-state index < -0.39 is 23.7 Å². The Kier molecular flexibility index (Phi) is 8.75. The monoisotopic (exact) mass is 347 g/mol. The molecule has 1 aromatic rings. The molecule has 0 aromatic heterocycles. The fourth-order valence-electron chi connectivity index (χ4n) is 1.45. The molecule has 21 heavy (non-hydrogen) atoms. The molecule has 0 saturated carbocycles. The second kappa shape index (κ2) is 8.31. The lowest BCUT2D eigenvalue weighted by molar-refractivity contribution is -0.137. The third-order valence-corrected chi connectivity index (χ3v) is 2.48. The fourth-order valence-corrected chi connectivity index (χ4v) is 1.45. The van der Waals surface area contributed by atoms with Gasteiger partial charge in [-0.25, -0.2) is 0 Å². The molecule has 1 rings (SSSR count). The van der Waals surface area contributed by atoms with E-state index in [1.165, 1.54) is 13.0 Å². The Morgan fingerprint density at radius 3 is 2.19 bits per heavy atom. The van der Waals surface area contributed by atoms with Gasteiger partial charge in [-0.3, -0.25) is 4.79 Å². The summed E-state index contributed by atoms with van der Waals surface area (Å²) in [5.41, 5.74) is 5.12. The minimum Gasteiger partial charge on any atom is -0.376 e. The largest absolute Gasteiger partial charge is 0.416 e. The number of rotatable bonds is 3. The molecule has 1 atom stereocenters. The first-order valence-corrected chi connectivity index (χ1v) is 5.58. The van der Waals surface area contributed by atoms with Crippen LogP contribution in [0.15, 0.2) is 18.2 Å². The van der Waals surface area contributed by atoms with Gasteiger partial charge in [0, 0.05) is 14.1 Å². The molecule has 0 aliphatic heterocycles. The molecule has 1 unspecified atom stereocenters. The van der Waals surface area contributed by atoms with E-state index in [4.69, 9.17) is 5.73 Å². The van der Waals surface area contributed by atoms with Crippen molar-refractivity contribution in [1.82, 2.24) is 0 Å². The van der Waals surface area contributed by atoms with Gasteiger partial charge < -0.3 is 16.0 Å². The molecule has 1 amide bonds. The number of anilines is 2. The molecule has 0 heterocycles. The molecule has 122 valence electrons. The topological polar surface area (TPSA) is 58.4 Å². The first-order valence-electron chi connectivity index (χ1n) is 5.58. The summed E-state index contributed by atoms with van der Waals surface area (Å²) in [6.45, 7) is 1.46. The molecule has 4 nitrogen and oxygen atoms in total. The van der Waals surface area contributed by atoms with Crippen molar-refractivity contribution < 1.29 is 18.0 Å². The zero-order valence-electron chi connectivity index (χ0n) is 11.7. The number of amides is 1. The predicted molar refractivity (Wildman–Crippen MR) is 82.5 cm³/mol. The van der Waals surface area contributed by atoms with Crippen LogP contribution < -0.4 is 16.0 Å². The summed E-state index contributed by atoms with van der Waals surface area (Å²) < 4.78 is 37.9. The van der Waals surface area contributed by atoms with Gasteiger partial charge in [-0.2, -0.15) is 13.2 Å². The lowest BCUT2D eigenvalue weighted by Crippen LogP contribution is -2.33. The van der Waals surface area contributed by atoms with Crippen LogP contribution in [0.25, 0.3) is 0 Å². The number of halogens is 5. The standard InChI is InChI=1S/C12H16F3N3O.2ClH/c1-7(16)11(19)17-9-6-8(12(13,14)15)4-5-10(9)18(2)3;;/h4-7H,16H2,1-3H3,(H,17,19);2*1H. The molecular weight excluding hydrogens is 330 g/mol. The number of hydrogen-bond donors (Lipinski definition) is 2. The van der Waals surface area contributed by atoms with Gasteiger partial charge in [0.1, 0.15) is 0 Å². The van der Waals surface area contributed by atoms with Gasteiger partial charge in [-0.1, -0.05) is 0 Å². The minimum atomic E-state index is -4.46. The number of nitrogens with zero attached hydrogens (tertiary/aromatic N) is 1. The van der Waals surface area contributed by atoms with E-state index in [0.717, 1.165) is 12.1 Å². The third-order valence-electron chi connectivity index (χ3n) is 2.48. The summed E-state index contributed by atoms with van der Waals surface area (Å²) in [5, 5.41) is 2.40. The van der Waals surface area contributed by atoms with Crippen molar-refractivity contribution in [3.63, 3.8) is 0 Å². The van der Waals surface area contributed by atoms with Gasteiger partial charge in [0.2, 0.25) is 5.91 Å². The van der Waals surface area contributed by atoms with Crippen molar-refractivity contribution in [2.45, 2.75) is 19.1 Å². The Bertz CT molecular complexity index is 479. The maximum Gasteiger partial charge on any atom is 0.416 e. The van der Waals surface area contributed by atoms with Crippen LogP contribution in [0.1, 0.15) is 12.5 Å². The molecular formula is C12H18Cl2F3N3O. The summed E-state index contributed by atoms with van der Waals surface area (Å²) in [6, 6.07) is 2.37. The van der Waals surface area contributed by atoms with Crippen LogP contribution in [-0.4, -0.2) is 26.0 Å². The normalized spacial score (nSPS) is 11.8. The second-order valence-corrected chi connectivity index (χ2v) is 4.40. The van der Waals surface area contributed by atoms with Crippen LogP contribution in [0, 0.1) is 0 Å². The number of nitrogens with two attached hydrogens (primary N) is 1. The van der Waals surface area contributed by atoms with Gasteiger partial charge in [0.05, 0.1) is 23.0 Å². The van der Waals surface area contributed by atoms with Gasteiger partial charge >= 0.3 is 6.18 Å². The summed E-state index contributed by atoms with van der Waals surface area (Å²) in [5.74, 6) is -0.539. The zero-order chi connectivity index (χ0) is 14.8. The smallest absolute Gasteiger partial charge is 0.376 e. The van der Waals surface area contributed by atoms with Crippen molar-refractivity contribution in [2.75, 3.05) is 24.3 Å². The van der Waals surface area contributed by atoms with Crippen LogP contribution >= 0.6 is 24.8 Å². The summed E-state index contributed by atoms with van der Waals surface area (Å²) in [4.78, 5) is 13.1. The highest BCUT2D eigenvalue weighted by Gasteiger charge is 2.31. The average Bonchev–Trinajstić information content (AvgIpc) is 2.27. The van der Waals surface area contributed by atoms with E-state index in [0.29, 0.717) is 5.69 Å². The Morgan fingerprint density at radius 1 is 1.29 bits per heavy atom. The van der Waals surface area contributed by atoms with Crippen molar-refractivity contribution in [2.24, 2.45) is 5.73 Å². The number of carbonyl (C=O) groups is 1. The van der Waals surface area contributed by atoms with Crippen LogP contribution in [-0.2, 0) is 11.0 Å². The molecule has 1 aromatic carbocycles. The van der Waals surface area contributed by atoms with Gasteiger partial charge in [0.15, 0.2) is 0 Å². The minimum absolute atomic E-state index is 0. The first-order chi connectivity index (χ1) is 8.62. The average molecular weight is 348 g/mol. The molecule has 0 aliphatic carbocycles. The van der Waals surface area contributed by atoms with E-state index in [2.05, 4.69) is 5.32 Å². The molecule has 0 bridgehead atoms. The van der Waals surface area contributed by atoms with Crippen molar-refractivity contribution in [3.05, 3.63) is 23.8 Å². The van der Waals surface area contributed by atoms with Crippen molar-refractivity contribution >= 4 is 42.1 Å². The lowest BCUT2D eigenvalue weighted by Gasteiger charge is -2.20. The Morgan fingerprint density at radius 2 is 1.81 bits per heavy atom. The van der Waals surface area contributed by atoms with Crippen molar-refractivity contribution in [3.8, 4) is 0 Å². The predicted octanol–water partition coefficient (Wildman–Crippen LogP) is 2.90. The van der Waals surface area contributed by atoms with Crippen molar-refractivity contribution in [1.29, 1.82) is 0 Å². The molecule has 0 aliphatic rings. The van der Waals surface area contributed by atoms with E-state index in [-0.39, 0.29) is 30.5 Å². The van der Waals surface area contributed by atoms with E-state index in [1.807, 2.05) is 0 Å². The maximum atomic E-state index is 12.6. The lowest BCUT2D eigenvalue weighted by atomic mass is 10.1. The highest BCUT2D eigenvalue weighted by Crippen LogP contribution is 2.34. The SMILES string of the molecule is CC(N)C(=O)Nc1cc(C(F)(F)F)ccc1N(C)C.Cl.Cl. The van der Waals surface area contributed by atoms with Gasteiger partial charge in [-0.15, -0.1) is 24.8 Å². The molecule has 0 fully saturated rings. The molecule has 0 spiro atoms. The quantitative estimate of drug-likeness (QED) is 0.883. The van der Waals surface area contributed by atoms with Crippen LogP contribution in [0.3, 0.4) is 0 Å². The van der Waals surface area contributed by atoms with E-state index in [1.54, 1.807) is 19.0 Å². The van der Waals surface area contributed by atoms with Gasteiger partial charge in [0.25, 0.3) is 0 Å². The summed E-state index contributed by atoms with van der Waals surface area (Å²) in [7, 11) is 3.34. The number of carbonyl (C=O) groups excluding carboxylic acids is 1. The Hall–Kier alpha value is -1.18. The number of alkyl halides is 3. The molecule has 0 saturated heterocycles. The number of nitrogens with one attached hydrogen (secondary N) is 1. The highest BCUT2D eigenvalue weighted by atomic mass is 35.5. The highest BCUT2D eigenvalue weighted by molar-refractivity contribution is 5.97. The third kappa shape index (κ3) is 5.99. The second-order valence-electron chi connectivity index (χ2n) is 4.40. The van der Waals surface area contributed by atoms with E-state index in [9.17, 15) is 18.0 Å². The Balaban J connectivity index is 0. The summed E-state index contributed by atoms with van der Waals surface area (Å²) in [6.07, 6.45) is -4.46. The summed E-state index contributed by atoms with van der Waals surface area (Å²) >= 11 is 0. The molecule has 3 N–H and O–H groups in total. The van der Waals surface area contributed by atoms with Crippen LogP contribution in [0.4, 0.5) is 24.5 Å². The molecule has 0 radical (unpaired) electrons. The number of hydrogen-bond acceptors (Lipinski definition) is 3. The molecule has 9 heteroatoms. The zero-order valence-corrected chi connectivity index (χ0v) is 13.3. The Labute approximate surface area is 133 Å². The van der Waals surface area contributed by atoms with Gasteiger partial charge in [-0.05, 0) is 25.1 Å². The number of benzene rings is 1. The van der Waals surface area contributed by atoms with Crippen LogP contribution in [0.2, 0.25) is 0 Å². The maximum absolute atomic E-state index is 12.6. The first kappa shape index (κ1) is 22.1. The van der Waals surface area contributed by atoms with E-state index >= 15 is 0 Å². The van der Waals surface area contributed by atoms with Crippen LogP contribution in [0.5, 0.6) is 0 Å². The fraction of sp³-hybridized carbons (Fsp3) is 0.417.